The first kappa shape index (κ1) is 13.1. The van der Waals surface area contributed by atoms with E-state index in [-0.39, 0.29) is 11.4 Å². The quantitative estimate of drug-likeness (QED) is 0.857. The summed E-state index contributed by atoms with van der Waals surface area (Å²) in [6.45, 7) is 0. The largest absolute Gasteiger partial charge is 0.457 e. The fourth-order valence-electron chi connectivity index (χ4n) is 1.52. The van der Waals surface area contributed by atoms with Crippen molar-refractivity contribution in [3.05, 3.63) is 59.7 Å². The summed E-state index contributed by atoms with van der Waals surface area (Å²) in [6, 6.07) is 9.22. The maximum absolute atomic E-state index is 13.4. The number of halogens is 2. The van der Waals surface area contributed by atoms with Gasteiger partial charge in [-0.05, 0) is 42.5 Å². The van der Waals surface area contributed by atoms with Crippen LogP contribution in [0.2, 0.25) is 0 Å². The van der Waals surface area contributed by atoms with Crippen molar-refractivity contribution in [2.24, 2.45) is 0 Å². The molecule has 19 heavy (non-hydrogen) atoms. The van der Waals surface area contributed by atoms with E-state index in [0.717, 1.165) is 6.07 Å². The lowest BCUT2D eigenvalue weighted by atomic mass is 10.1. The van der Waals surface area contributed by atoms with Gasteiger partial charge in [-0.1, -0.05) is 5.92 Å². The fourth-order valence-corrected chi connectivity index (χ4v) is 1.52. The second-order valence-corrected chi connectivity index (χ2v) is 3.81. The number of hydrogen-bond donors (Lipinski definition) is 1. The van der Waals surface area contributed by atoms with E-state index in [2.05, 4.69) is 0 Å². The number of aliphatic hydroxyl groups excluding tert-OH is 1. The van der Waals surface area contributed by atoms with Crippen LogP contribution in [0, 0.1) is 24.0 Å². The summed E-state index contributed by atoms with van der Waals surface area (Å²) in [5.74, 6) is 1.74. The zero-order valence-corrected chi connectivity index (χ0v) is 9.81. The van der Waals surface area contributed by atoms with Gasteiger partial charge in [0.05, 0.1) is 0 Å². The van der Waals surface area contributed by atoms with Gasteiger partial charge in [0.2, 0.25) is 0 Å². The van der Waals surface area contributed by atoms with Gasteiger partial charge in [0, 0.05) is 5.56 Å². The highest BCUT2D eigenvalue weighted by Crippen LogP contribution is 2.26. The summed E-state index contributed by atoms with van der Waals surface area (Å²) in [6.07, 6.45) is 3.71. The smallest absolute Gasteiger partial charge is 0.142 e. The first-order valence-corrected chi connectivity index (χ1v) is 5.47. The topological polar surface area (TPSA) is 29.5 Å². The Kier molecular flexibility index (Phi) is 3.79. The third-order valence-corrected chi connectivity index (χ3v) is 2.47. The van der Waals surface area contributed by atoms with E-state index < -0.39 is 11.9 Å². The molecule has 0 radical (unpaired) electrons. The Bertz CT molecular complexity index is 615. The molecule has 0 aliphatic rings. The van der Waals surface area contributed by atoms with Crippen LogP contribution >= 0.6 is 0 Å². The SMILES string of the molecule is C#CC(O)c1cc(Oc2ccc(F)cc2)ccc1F. The highest BCUT2D eigenvalue weighted by molar-refractivity contribution is 5.37. The van der Waals surface area contributed by atoms with Crippen molar-refractivity contribution in [3.8, 4) is 23.8 Å². The van der Waals surface area contributed by atoms with Crippen LogP contribution in [-0.2, 0) is 0 Å². The average molecular weight is 260 g/mol. The molecule has 2 aromatic rings. The van der Waals surface area contributed by atoms with E-state index in [0.29, 0.717) is 11.5 Å². The van der Waals surface area contributed by atoms with Crippen molar-refractivity contribution in [2.75, 3.05) is 0 Å². The van der Waals surface area contributed by atoms with Crippen LogP contribution in [-0.4, -0.2) is 5.11 Å². The maximum Gasteiger partial charge on any atom is 0.142 e. The standard InChI is InChI=1S/C15H10F2O2/c1-2-15(18)13-9-12(7-8-14(13)17)19-11-5-3-10(16)4-6-11/h1,3-9,15,18H. The van der Waals surface area contributed by atoms with Crippen LogP contribution in [0.25, 0.3) is 0 Å². The fraction of sp³-hybridized carbons (Fsp3) is 0.0667. The number of benzene rings is 2. The summed E-state index contributed by atoms with van der Waals surface area (Å²) in [5, 5.41) is 9.46. The molecule has 0 aromatic heterocycles. The molecule has 0 saturated carbocycles. The second kappa shape index (κ2) is 5.51. The van der Waals surface area contributed by atoms with Crippen LogP contribution in [0.5, 0.6) is 11.5 Å². The molecular formula is C15H10F2O2. The molecule has 2 rings (SSSR count). The Morgan fingerprint density at radius 1 is 1.05 bits per heavy atom. The van der Waals surface area contributed by atoms with Crippen LogP contribution < -0.4 is 4.74 Å². The van der Waals surface area contributed by atoms with Crippen molar-refractivity contribution in [1.29, 1.82) is 0 Å². The zero-order chi connectivity index (χ0) is 13.8. The first-order chi connectivity index (χ1) is 9.10. The molecule has 0 heterocycles. The van der Waals surface area contributed by atoms with E-state index in [1.54, 1.807) is 0 Å². The highest BCUT2D eigenvalue weighted by Gasteiger charge is 2.11. The van der Waals surface area contributed by atoms with Gasteiger partial charge in [0.1, 0.15) is 29.2 Å². The second-order valence-electron chi connectivity index (χ2n) is 3.81. The van der Waals surface area contributed by atoms with Crippen LogP contribution in [0.4, 0.5) is 8.78 Å². The third kappa shape index (κ3) is 3.09. The molecule has 96 valence electrons. The lowest BCUT2D eigenvalue weighted by Gasteiger charge is -2.10. The molecular weight excluding hydrogens is 250 g/mol. The number of aliphatic hydroxyl groups is 1. The lowest BCUT2D eigenvalue weighted by Crippen LogP contribution is -1.98. The average Bonchev–Trinajstić information content (AvgIpc) is 2.42. The zero-order valence-electron chi connectivity index (χ0n) is 9.81. The monoisotopic (exact) mass is 260 g/mol. The highest BCUT2D eigenvalue weighted by atomic mass is 19.1. The molecule has 1 N–H and O–H groups in total. The van der Waals surface area contributed by atoms with Crippen molar-refractivity contribution in [2.45, 2.75) is 6.10 Å². The van der Waals surface area contributed by atoms with Gasteiger partial charge in [0.15, 0.2) is 0 Å². The molecule has 1 atom stereocenters. The number of hydrogen-bond acceptors (Lipinski definition) is 2. The summed E-state index contributed by atoms with van der Waals surface area (Å²) in [4.78, 5) is 0. The molecule has 0 bridgehead atoms. The molecule has 0 saturated heterocycles. The van der Waals surface area contributed by atoms with Gasteiger partial charge in [0.25, 0.3) is 0 Å². The molecule has 2 aromatic carbocycles. The molecule has 0 aliphatic heterocycles. The minimum absolute atomic E-state index is 0.0397. The van der Waals surface area contributed by atoms with E-state index in [9.17, 15) is 13.9 Å². The maximum atomic E-state index is 13.4. The number of ether oxygens (including phenoxy) is 1. The molecule has 1 unspecified atom stereocenters. The molecule has 0 aliphatic carbocycles. The Morgan fingerprint density at radius 3 is 2.32 bits per heavy atom. The van der Waals surface area contributed by atoms with Crippen LogP contribution in [0.3, 0.4) is 0 Å². The van der Waals surface area contributed by atoms with Crippen molar-refractivity contribution in [1.82, 2.24) is 0 Å². The minimum Gasteiger partial charge on any atom is -0.457 e. The molecule has 0 spiro atoms. The van der Waals surface area contributed by atoms with Crippen LogP contribution in [0.15, 0.2) is 42.5 Å². The Labute approximate surface area is 109 Å². The van der Waals surface area contributed by atoms with Gasteiger partial charge in [-0.15, -0.1) is 6.42 Å². The summed E-state index contributed by atoms with van der Waals surface area (Å²) in [7, 11) is 0. The molecule has 0 amide bonds. The Hall–Kier alpha value is -2.38. The minimum atomic E-state index is -1.34. The van der Waals surface area contributed by atoms with Crippen LogP contribution in [0.1, 0.15) is 11.7 Å². The van der Waals surface area contributed by atoms with Crippen molar-refractivity contribution >= 4 is 0 Å². The number of terminal acetylenes is 1. The van der Waals surface area contributed by atoms with Crippen molar-refractivity contribution in [3.63, 3.8) is 0 Å². The van der Waals surface area contributed by atoms with Gasteiger partial charge < -0.3 is 9.84 Å². The van der Waals surface area contributed by atoms with E-state index >= 15 is 0 Å². The summed E-state index contributed by atoms with van der Waals surface area (Å²) < 4.78 is 31.6. The normalized spacial score (nSPS) is 11.7. The third-order valence-electron chi connectivity index (χ3n) is 2.47. The van der Waals surface area contributed by atoms with E-state index in [4.69, 9.17) is 11.2 Å². The Morgan fingerprint density at radius 2 is 1.68 bits per heavy atom. The Balaban J connectivity index is 2.26. The lowest BCUT2D eigenvalue weighted by molar-refractivity contribution is 0.232. The summed E-state index contributed by atoms with van der Waals surface area (Å²) in [5.41, 5.74) is -0.0397. The number of rotatable bonds is 3. The molecule has 0 fully saturated rings. The predicted octanol–water partition coefficient (Wildman–Crippen LogP) is 3.42. The van der Waals surface area contributed by atoms with E-state index in [1.807, 2.05) is 5.92 Å². The molecule has 4 heteroatoms. The van der Waals surface area contributed by atoms with E-state index in [1.165, 1.54) is 36.4 Å². The molecule has 2 nitrogen and oxygen atoms in total. The van der Waals surface area contributed by atoms with Gasteiger partial charge >= 0.3 is 0 Å². The summed E-state index contributed by atoms with van der Waals surface area (Å²) >= 11 is 0. The van der Waals surface area contributed by atoms with Crippen molar-refractivity contribution < 1.29 is 18.6 Å². The predicted molar refractivity (Wildman–Crippen MR) is 66.7 cm³/mol. The van der Waals surface area contributed by atoms with Gasteiger partial charge in [-0.3, -0.25) is 0 Å². The van der Waals surface area contributed by atoms with Gasteiger partial charge in [-0.25, -0.2) is 8.78 Å². The first-order valence-electron chi connectivity index (χ1n) is 5.47. The van der Waals surface area contributed by atoms with Gasteiger partial charge in [-0.2, -0.15) is 0 Å².